The summed E-state index contributed by atoms with van der Waals surface area (Å²) in [7, 11) is 0. The van der Waals surface area contributed by atoms with E-state index in [9.17, 15) is 4.39 Å². The molecule has 0 spiro atoms. The third-order valence-electron chi connectivity index (χ3n) is 3.45. The van der Waals surface area contributed by atoms with E-state index in [0.717, 1.165) is 26.6 Å². The Bertz CT molecular complexity index is 783. The number of hydrogen-bond donors (Lipinski definition) is 1. The van der Waals surface area contributed by atoms with Crippen LogP contribution in [0.2, 0.25) is 0 Å². The molecule has 0 aliphatic rings. The van der Waals surface area contributed by atoms with E-state index in [0.29, 0.717) is 0 Å². The summed E-state index contributed by atoms with van der Waals surface area (Å²) >= 11 is 3.42. The Morgan fingerprint density at radius 2 is 2.00 bits per heavy atom. The molecule has 0 aliphatic heterocycles. The highest BCUT2D eigenvalue weighted by molar-refractivity contribution is 9.10. The van der Waals surface area contributed by atoms with Crippen molar-refractivity contribution >= 4 is 32.5 Å². The minimum absolute atomic E-state index is 0.0470. The van der Waals surface area contributed by atoms with E-state index in [-0.39, 0.29) is 11.9 Å². The van der Waals surface area contributed by atoms with Crippen LogP contribution in [-0.4, -0.2) is 4.98 Å². The molecular formula is C17H14BrFN2. The molecule has 1 unspecified atom stereocenters. The Morgan fingerprint density at radius 1 is 1.14 bits per heavy atom. The molecule has 4 heteroatoms. The van der Waals surface area contributed by atoms with Gasteiger partial charge in [0.05, 0.1) is 5.52 Å². The topological polar surface area (TPSA) is 24.9 Å². The average molecular weight is 345 g/mol. The number of halogens is 2. The summed E-state index contributed by atoms with van der Waals surface area (Å²) in [5.41, 5.74) is 2.98. The first-order valence-electron chi connectivity index (χ1n) is 6.70. The monoisotopic (exact) mass is 344 g/mol. The first-order chi connectivity index (χ1) is 10.1. The van der Waals surface area contributed by atoms with Gasteiger partial charge in [0.25, 0.3) is 0 Å². The minimum Gasteiger partial charge on any atom is -0.378 e. The van der Waals surface area contributed by atoms with E-state index < -0.39 is 0 Å². The van der Waals surface area contributed by atoms with Gasteiger partial charge in [0.2, 0.25) is 0 Å². The number of nitrogens with one attached hydrogen (secondary N) is 1. The summed E-state index contributed by atoms with van der Waals surface area (Å²) in [6.45, 7) is 2.05. The summed E-state index contributed by atoms with van der Waals surface area (Å²) in [5, 5.41) is 4.54. The molecule has 3 rings (SSSR count). The number of hydrogen-bond acceptors (Lipinski definition) is 2. The SMILES string of the molecule is CC(Nc1cccc2ncccc12)c1ccc(F)cc1Br. The predicted octanol–water partition coefficient (Wildman–Crippen LogP) is 5.31. The number of rotatable bonds is 3. The van der Waals surface area contributed by atoms with Crippen LogP contribution >= 0.6 is 15.9 Å². The van der Waals surface area contributed by atoms with Crippen LogP contribution in [0.1, 0.15) is 18.5 Å². The zero-order chi connectivity index (χ0) is 14.8. The van der Waals surface area contributed by atoms with Crippen molar-refractivity contribution in [3.8, 4) is 0 Å². The average Bonchev–Trinajstić information content (AvgIpc) is 2.47. The standard InChI is InChI=1S/C17H14BrFN2/c1-11(13-8-7-12(19)10-15(13)18)21-17-6-2-5-16-14(17)4-3-9-20-16/h2-11,21H,1H3. The van der Waals surface area contributed by atoms with E-state index in [1.54, 1.807) is 12.3 Å². The molecule has 21 heavy (non-hydrogen) atoms. The number of pyridine rings is 1. The van der Waals surface area contributed by atoms with E-state index in [1.165, 1.54) is 12.1 Å². The van der Waals surface area contributed by atoms with Crippen LogP contribution in [0.15, 0.2) is 59.2 Å². The van der Waals surface area contributed by atoms with Crippen LogP contribution in [0.25, 0.3) is 10.9 Å². The smallest absolute Gasteiger partial charge is 0.124 e. The third-order valence-corrected chi connectivity index (χ3v) is 4.13. The second-order valence-electron chi connectivity index (χ2n) is 4.91. The Morgan fingerprint density at radius 3 is 2.81 bits per heavy atom. The van der Waals surface area contributed by atoms with Crippen molar-refractivity contribution in [3.05, 3.63) is 70.6 Å². The Balaban J connectivity index is 1.94. The lowest BCUT2D eigenvalue weighted by molar-refractivity contribution is 0.625. The molecule has 106 valence electrons. The fraction of sp³-hybridized carbons (Fsp3) is 0.118. The molecule has 1 aromatic heterocycles. The van der Waals surface area contributed by atoms with E-state index in [1.807, 2.05) is 37.3 Å². The largest absolute Gasteiger partial charge is 0.378 e. The summed E-state index contributed by atoms with van der Waals surface area (Å²) in [4.78, 5) is 4.35. The summed E-state index contributed by atoms with van der Waals surface area (Å²) < 4.78 is 14.0. The third kappa shape index (κ3) is 2.90. The van der Waals surface area contributed by atoms with Crippen LogP contribution in [-0.2, 0) is 0 Å². The maximum Gasteiger partial charge on any atom is 0.124 e. The van der Waals surface area contributed by atoms with Gasteiger partial charge in [-0.3, -0.25) is 4.98 Å². The molecule has 1 atom stereocenters. The van der Waals surface area contributed by atoms with E-state index in [4.69, 9.17) is 0 Å². The van der Waals surface area contributed by atoms with Gasteiger partial charge in [-0.25, -0.2) is 4.39 Å². The molecule has 2 aromatic carbocycles. The van der Waals surface area contributed by atoms with Gasteiger partial charge in [-0.05, 0) is 48.9 Å². The molecule has 1 heterocycles. The van der Waals surface area contributed by atoms with Crippen LogP contribution < -0.4 is 5.32 Å². The minimum atomic E-state index is -0.243. The molecule has 0 bridgehead atoms. The maximum absolute atomic E-state index is 13.2. The van der Waals surface area contributed by atoms with Crippen LogP contribution in [0.4, 0.5) is 10.1 Å². The molecule has 0 radical (unpaired) electrons. The summed E-state index contributed by atoms with van der Waals surface area (Å²) in [6.07, 6.45) is 1.78. The first-order valence-corrected chi connectivity index (χ1v) is 7.49. The molecular weight excluding hydrogens is 331 g/mol. The van der Waals surface area contributed by atoms with Gasteiger partial charge in [-0.1, -0.05) is 28.1 Å². The number of fused-ring (bicyclic) bond motifs is 1. The number of aromatic nitrogens is 1. The Hall–Kier alpha value is -1.94. The molecule has 0 saturated carbocycles. The highest BCUT2D eigenvalue weighted by Gasteiger charge is 2.11. The molecule has 2 nitrogen and oxygen atoms in total. The molecule has 3 aromatic rings. The van der Waals surface area contributed by atoms with Crippen LogP contribution in [0.3, 0.4) is 0 Å². The van der Waals surface area contributed by atoms with Gasteiger partial charge in [-0.15, -0.1) is 0 Å². The number of anilines is 1. The molecule has 0 amide bonds. The zero-order valence-corrected chi connectivity index (χ0v) is 13.1. The Labute approximate surface area is 131 Å². The van der Waals surface area contributed by atoms with Crippen molar-refractivity contribution in [2.24, 2.45) is 0 Å². The lowest BCUT2D eigenvalue weighted by Gasteiger charge is -2.18. The summed E-state index contributed by atoms with van der Waals surface area (Å²) in [6, 6.07) is 14.7. The van der Waals surface area contributed by atoms with Crippen molar-refractivity contribution in [1.82, 2.24) is 4.98 Å². The van der Waals surface area contributed by atoms with Gasteiger partial charge in [0.1, 0.15) is 5.82 Å². The normalized spacial score (nSPS) is 12.3. The second-order valence-corrected chi connectivity index (χ2v) is 5.76. The zero-order valence-electron chi connectivity index (χ0n) is 11.5. The van der Waals surface area contributed by atoms with Crippen LogP contribution in [0.5, 0.6) is 0 Å². The van der Waals surface area contributed by atoms with E-state index in [2.05, 4.69) is 26.2 Å². The second kappa shape index (κ2) is 5.82. The Kier molecular flexibility index (Phi) is 3.88. The highest BCUT2D eigenvalue weighted by atomic mass is 79.9. The lowest BCUT2D eigenvalue weighted by atomic mass is 10.1. The van der Waals surface area contributed by atoms with Gasteiger partial charge < -0.3 is 5.32 Å². The maximum atomic E-state index is 13.2. The van der Waals surface area contributed by atoms with E-state index >= 15 is 0 Å². The van der Waals surface area contributed by atoms with Crippen molar-refractivity contribution in [1.29, 1.82) is 0 Å². The quantitative estimate of drug-likeness (QED) is 0.696. The molecule has 0 saturated heterocycles. The predicted molar refractivity (Wildman–Crippen MR) is 87.9 cm³/mol. The van der Waals surface area contributed by atoms with Gasteiger partial charge in [-0.2, -0.15) is 0 Å². The molecule has 0 fully saturated rings. The highest BCUT2D eigenvalue weighted by Crippen LogP contribution is 2.29. The summed E-state index contributed by atoms with van der Waals surface area (Å²) in [5.74, 6) is -0.243. The molecule has 1 N–H and O–H groups in total. The lowest BCUT2D eigenvalue weighted by Crippen LogP contribution is -2.08. The van der Waals surface area contributed by atoms with Gasteiger partial charge >= 0.3 is 0 Å². The van der Waals surface area contributed by atoms with Crippen molar-refractivity contribution in [2.45, 2.75) is 13.0 Å². The van der Waals surface area contributed by atoms with Crippen molar-refractivity contribution < 1.29 is 4.39 Å². The molecule has 0 aliphatic carbocycles. The number of benzene rings is 2. The van der Waals surface area contributed by atoms with Crippen molar-refractivity contribution in [2.75, 3.05) is 5.32 Å². The fourth-order valence-electron chi connectivity index (χ4n) is 2.39. The van der Waals surface area contributed by atoms with Crippen molar-refractivity contribution in [3.63, 3.8) is 0 Å². The van der Waals surface area contributed by atoms with Crippen LogP contribution in [0, 0.1) is 5.82 Å². The van der Waals surface area contributed by atoms with Gasteiger partial charge in [0.15, 0.2) is 0 Å². The number of nitrogens with zero attached hydrogens (tertiary/aromatic N) is 1. The first kappa shape index (κ1) is 14.0. The fourth-order valence-corrected chi connectivity index (χ4v) is 3.09. The van der Waals surface area contributed by atoms with Gasteiger partial charge in [0, 0.05) is 27.8 Å².